The predicted octanol–water partition coefficient (Wildman–Crippen LogP) is 9.80. The lowest BCUT2D eigenvalue weighted by atomic mass is 9.49. The van der Waals surface area contributed by atoms with Crippen LogP contribution in [0.1, 0.15) is 44.1 Å². The van der Waals surface area contributed by atoms with E-state index >= 15 is 0 Å². The van der Waals surface area contributed by atoms with Crippen LogP contribution in [0.2, 0.25) is 0 Å². The SMILES string of the molecule is C1=CC(C2=CC3C(C=C2)SC2C=CC(c4ccccc4)=CC2C32C3=C(CCC=C3)SC3CC=CCC32)=CCC1. The average Bonchev–Trinajstić information content (AvgIpc) is 3.01. The van der Waals surface area contributed by atoms with Crippen molar-refractivity contribution in [3.63, 3.8) is 0 Å². The fourth-order valence-electron chi connectivity index (χ4n) is 8.46. The van der Waals surface area contributed by atoms with Crippen LogP contribution in [0.4, 0.5) is 0 Å². The highest BCUT2D eigenvalue weighted by Gasteiger charge is 2.62. The molecule has 7 unspecified atom stereocenters. The molecule has 0 N–H and O–H groups in total. The molecule has 2 heterocycles. The van der Waals surface area contributed by atoms with Gasteiger partial charge in [0.05, 0.1) is 0 Å². The van der Waals surface area contributed by atoms with Crippen molar-refractivity contribution in [1.29, 1.82) is 0 Å². The van der Waals surface area contributed by atoms with Crippen molar-refractivity contribution in [2.75, 3.05) is 0 Å². The number of hydrogen-bond donors (Lipinski definition) is 0. The number of allylic oxidation sites excluding steroid dienone is 16. The van der Waals surface area contributed by atoms with Gasteiger partial charge in [-0.05, 0) is 77.2 Å². The fourth-order valence-corrected chi connectivity index (χ4v) is 11.8. The van der Waals surface area contributed by atoms with E-state index in [-0.39, 0.29) is 5.41 Å². The van der Waals surface area contributed by atoms with Crippen molar-refractivity contribution < 1.29 is 0 Å². The zero-order valence-electron chi connectivity index (χ0n) is 22.4. The van der Waals surface area contributed by atoms with Crippen molar-refractivity contribution in [3.8, 4) is 0 Å². The van der Waals surface area contributed by atoms with Crippen LogP contribution in [0.3, 0.4) is 0 Å². The summed E-state index contributed by atoms with van der Waals surface area (Å²) in [6.07, 6.45) is 39.9. The molecule has 7 atom stereocenters. The minimum atomic E-state index is 0.104. The Labute approximate surface area is 242 Å². The molecule has 1 fully saturated rings. The Balaban J connectivity index is 1.36. The van der Waals surface area contributed by atoms with Crippen LogP contribution < -0.4 is 0 Å². The lowest BCUT2D eigenvalue weighted by Crippen LogP contribution is -2.59. The first-order valence-electron chi connectivity index (χ1n) is 14.9. The molecule has 196 valence electrons. The molecule has 8 rings (SSSR count). The summed E-state index contributed by atoms with van der Waals surface area (Å²) in [6.45, 7) is 0. The lowest BCUT2D eigenvalue weighted by Gasteiger charge is -2.63. The molecule has 2 aliphatic heterocycles. The maximum atomic E-state index is 2.74. The van der Waals surface area contributed by atoms with Crippen LogP contribution in [0.25, 0.3) is 5.57 Å². The van der Waals surface area contributed by atoms with Gasteiger partial charge in [-0.2, -0.15) is 0 Å². The minimum Gasteiger partial charge on any atom is -0.145 e. The Morgan fingerprint density at radius 3 is 2.28 bits per heavy atom. The molecule has 0 nitrogen and oxygen atoms in total. The van der Waals surface area contributed by atoms with E-state index in [9.17, 15) is 0 Å². The molecular weight excluding hydrogens is 509 g/mol. The van der Waals surface area contributed by atoms with Crippen LogP contribution in [-0.2, 0) is 0 Å². The van der Waals surface area contributed by atoms with Gasteiger partial charge in [-0.15, -0.1) is 23.5 Å². The van der Waals surface area contributed by atoms with E-state index < -0.39 is 0 Å². The van der Waals surface area contributed by atoms with E-state index in [1.165, 1.54) is 54.4 Å². The van der Waals surface area contributed by atoms with E-state index in [1.807, 2.05) is 0 Å². The van der Waals surface area contributed by atoms with Gasteiger partial charge in [-0.25, -0.2) is 0 Å². The van der Waals surface area contributed by atoms with E-state index in [0.29, 0.717) is 33.5 Å². The summed E-state index contributed by atoms with van der Waals surface area (Å²) < 4.78 is 0. The lowest BCUT2D eigenvalue weighted by molar-refractivity contribution is 0.0807. The molecule has 1 saturated heterocycles. The largest absolute Gasteiger partial charge is 0.145 e. The third kappa shape index (κ3) is 3.89. The molecular formula is C37H36S2. The second kappa shape index (κ2) is 9.89. The Morgan fingerprint density at radius 2 is 1.46 bits per heavy atom. The summed E-state index contributed by atoms with van der Waals surface area (Å²) in [6, 6.07) is 11.1. The smallest absolute Gasteiger partial charge is 0.0308 e. The van der Waals surface area contributed by atoms with Crippen molar-refractivity contribution in [1.82, 2.24) is 0 Å². The van der Waals surface area contributed by atoms with Gasteiger partial charge >= 0.3 is 0 Å². The van der Waals surface area contributed by atoms with Gasteiger partial charge < -0.3 is 0 Å². The minimum absolute atomic E-state index is 0.104. The molecule has 2 heteroatoms. The third-order valence-electron chi connectivity index (χ3n) is 10.1. The van der Waals surface area contributed by atoms with Crippen LogP contribution >= 0.6 is 23.5 Å². The highest BCUT2D eigenvalue weighted by atomic mass is 32.2. The fraction of sp³-hybridized carbons (Fsp3) is 0.351. The molecule has 1 aromatic rings. The van der Waals surface area contributed by atoms with Crippen molar-refractivity contribution in [3.05, 3.63) is 137 Å². The van der Waals surface area contributed by atoms with Crippen LogP contribution in [0.15, 0.2) is 131 Å². The molecule has 0 bridgehead atoms. The van der Waals surface area contributed by atoms with Gasteiger partial charge in [-0.3, -0.25) is 0 Å². The number of hydrogen-bond acceptors (Lipinski definition) is 2. The number of thioether (sulfide) groups is 2. The first-order valence-corrected chi connectivity index (χ1v) is 16.7. The Kier molecular flexibility index (Phi) is 6.18. The molecule has 0 amide bonds. The van der Waals surface area contributed by atoms with Crippen LogP contribution in [0.5, 0.6) is 0 Å². The number of fused-ring (bicyclic) bond motifs is 7. The van der Waals surface area contributed by atoms with Gasteiger partial charge in [0.15, 0.2) is 0 Å². The molecule has 7 aliphatic rings. The second-order valence-corrected chi connectivity index (χ2v) is 14.7. The monoisotopic (exact) mass is 544 g/mol. The summed E-state index contributed by atoms with van der Waals surface area (Å²) in [5.74, 6) is 1.62. The van der Waals surface area contributed by atoms with E-state index in [2.05, 4.69) is 133 Å². The molecule has 1 aromatic carbocycles. The van der Waals surface area contributed by atoms with Crippen molar-refractivity contribution in [2.45, 2.75) is 54.3 Å². The molecule has 0 saturated carbocycles. The molecule has 0 aromatic heterocycles. The van der Waals surface area contributed by atoms with E-state index in [0.717, 1.165) is 6.42 Å². The van der Waals surface area contributed by atoms with Gasteiger partial charge in [0.2, 0.25) is 0 Å². The van der Waals surface area contributed by atoms with E-state index in [1.54, 1.807) is 10.5 Å². The van der Waals surface area contributed by atoms with Crippen molar-refractivity contribution in [2.24, 2.45) is 23.2 Å². The number of benzene rings is 1. The van der Waals surface area contributed by atoms with Gasteiger partial charge in [0, 0.05) is 33.0 Å². The van der Waals surface area contributed by atoms with Crippen LogP contribution in [0, 0.1) is 23.2 Å². The standard InChI is InChI=1S/C37H36S2/c1-3-11-25(12-4-1)27-19-21-35-31(23-27)37(29-15-7-9-17-33(29)38-34-18-10-8-16-30(34)37)32-24-28(20-22-36(32)39-35)26-13-5-2-6-14-26/h1,3-5,7-9,11-14,16,19-24,29,31-33,35-36H,2,6,10,15,17-18H2. The quantitative estimate of drug-likeness (QED) is 0.340. The summed E-state index contributed by atoms with van der Waals surface area (Å²) in [7, 11) is 0. The summed E-state index contributed by atoms with van der Waals surface area (Å²) in [5, 5.41) is 1.70. The summed E-state index contributed by atoms with van der Waals surface area (Å²) in [4.78, 5) is 1.70. The van der Waals surface area contributed by atoms with Gasteiger partial charge in [0.1, 0.15) is 0 Å². The molecule has 39 heavy (non-hydrogen) atoms. The predicted molar refractivity (Wildman–Crippen MR) is 170 cm³/mol. The first-order chi connectivity index (χ1) is 19.3. The Hall–Kier alpha value is -2.42. The normalized spacial score (nSPS) is 37.9. The zero-order valence-corrected chi connectivity index (χ0v) is 24.0. The molecule has 5 aliphatic carbocycles. The Morgan fingerprint density at radius 1 is 0.692 bits per heavy atom. The molecule has 0 radical (unpaired) electrons. The van der Waals surface area contributed by atoms with Gasteiger partial charge in [0.25, 0.3) is 0 Å². The summed E-state index contributed by atoms with van der Waals surface area (Å²) >= 11 is 4.46. The van der Waals surface area contributed by atoms with E-state index in [4.69, 9.17) is 0 Å². The zero-order chi connectivity index (χ0) is 25.8. The summed E-state index contributed by atoms with van der Waals surface area (Å²) in [5.41, 5.74) is 7.44. The van der Waals surface area contributed by atoms with Crippen LogP contribution in [-0.4, -0.2) is 15.7 Å². The Bertz CT molecular complexity index is 1440. The average molecular weight is 545 g/mol. The number of rotatable bonds is 2. The second-order valence-electron chi connectivity index (χ2n) is 12.0. The topological polar surface area (TPSA) is 0 Å². The third-order valence-corrected chi connectivity index (χ3v) is 13.1. The van der Waals surface area contributed by atoms with Crippen molar-refractivity contribution >= 4 is 29.1 Å². The highest BCUT2D eigenvalue weighted by molar-refractivity contribution is 8.03. The maximum Gasteiger partial charge on any atom is 0.0308 e. The highest BCUT2D eigenvalue weighted by Crippen LogP contribution is 2.69. The first kappa shape index (κ1) is 24.4. The maximum absolute atomic E-state index is 2.74. The molecule has 1 spiro atoms. The van der Waals surface area contributed by atoms with Gasteiger partial charge in [-0.1, -0.05) is 109 Å².